The van der Waals surface area contributed by atoms with Gasteiger partial charge in [0.05, 0.1) is 28.9 Å². The summed E-state index contributed by atoms with van der Waals surface area (Å²) in [6.45, 7) is 0.264. The Hall–Kier alpha value is -3.46. The summed E-state index contributed by atoms with van der Waals surface area (Å²) >= 11 is 0. The van der Waals surface area contributed by atoms with E-state index in [4.69, 9.17) is 5.26 Å². The van der Waals surface area contributed by atoms with Gasteiger partial charge < -0.3 is 5.32 Å². The van der Waals surface area contributed by atoms with Gasteiger partial charge >= 0.3 is 0 Å². The monoisotopic (exact) mass is 318 g/mol. The Morgan fingerprint density at radius 3 is 2.67 bits per heavy atom. The van der Waals surface area contributed by atoms with Gasteiger partial charge in [-0.2, -0.15) is 5.26 Å². The van der Waals surface area contributed by atoms with Gasteiger partial charge in [-0.05, 0) is 29.8 Å². The smallest absolute Gasteiger partial charge is 0.269 e. The molecule has 1 aromatic heterocycles. The summed E-state index contributed by atoms with van der Waals surface area (Å²) in [7, 11) is 0. The Labute approximate surface area is 138 Å². The standard InChI is InChI=1S/C18H14N4O2/c19-9-13-5-7-14(8-6-13)10-21-17(23)12-22-16-4-2-1-3-15(16)20-11-18(22)24/h1-8,11H,10,12H2,(H,21,23). The predicted molar refractivity (Wildman–Crippen MR) is 89.0 cm³/mol. The number of para-hydroxylation sites is 2. The number of carbonyl (C=O) groups is 1. The van der Waals surface area contributed by atoms with E-state index in [0.29, 0.717) is 23.1 Å². The van der Waals surface area contributed by atoms with Crippen LogP contribution in [-0.4, -0.2) is 15.5 Å². The van der Waals surface area contributed by atoms with Crippen molar-refractivity contribution in [2.24, 2.45) is 0 Å². The van der Waals surface area contributed by atoms with Gasteiger partial charge in [-0.1, -0.05) is 24.3 Å². The molecule has 2 aromatic carbocycles. The van der Waals surface area contributed by atoms with E-state index in [1.165, 1.54) is 10.8 Å². The molecule has 0 fully saturated rings. The molecule has 0 bridgehead atoms. The first-order valence-corrected chi connectivity index (χ1v) is 7.38. The number of carbonyl (C=O) groups excluding carboxylic acids is 1. The number of rotatable bonds is 4. The summed E-state index contributed by atoms with van der Waals surface area (Å²) in [5.74, 6) is -0.266. The van der Waals surface area contributed by atoms with E-state index in [1.54, 1.807) is 42.5 Å². The first kappa shape index (κ1) is 15.4. The normalized spacial score (nSPS) is 10.3. The quantitative estimate of drug-likeness (QED) is 0.791. The molecule has 0 aliphatic heterocycles. The number of nitrogens with zero attached hydrogens (tertiary/aromatic N) is 3. The Morgan fingerprint density at radius 1 is 1.17 bits per heavy atom. The van der Waals surface area contributed by atoms with Gasteiger partial charge in [0.1, 0.15) is 6.54 Å². The van der Waals surface area contributed by atoms with Crippen LogP contribution in [0, 0.1) is 11.3 Å². The van der Waals surface area contributed by atoms with Gasteiger partial charge in [-0.25, -0.2) is 4.98 Å². The zero-order valence-corrected chi connectivity index (χ0v) is 12.8. The summed E-state index contributed by atoms with van der Waals surface area (Å²) < 4.78 is 1.40. The summed E-state index contributed by atoms with van der Waals surface area (Å²) in [4.78, 5) is 28.2. The molecule has 24 heavy (non-hydrogen) atoms. The van der Waals surface area contributed by atoms with Gasteiger partial charge in [0.2, 0.25) is 5.91 Å². The maximum absolute atomic E-state index is 12.2. The van der Waals surface area contributed by atoms with Crippen LogP contribution in [-0.2, 0) is 17.9 Å². The lowest BCUT2D eigenvalue weighted by molar-refractivity contribution is -0.121. The predicted octanol–water partition coefficient (Wildman–Crippen LogP) is 1.58. The largest absolute Gasteiger partial charge is 0.350 e. The number of nitriles is 1. The third kappa shape index (κ3) is 3.31. The van der Waals surface area contributed by atoms with Gasteiger partial charge in [-0.15, -0.1) is 0 Å². The van der Waals surface area contributed by atoms with Crippen LogP contribution >= 0.6 is 0 Å². The van der Waals surface area contributed by atoms with Crippen LogP contribution in [0.1, 0.15) is 11.1 Å². The molecule has 6 nitrogen and oxygen atoms in total. The van der Waals surface area contributed by atoms with Crippen molar-refractivity contribution in [2.45, 2.75) is 13.1 Å². The molecule has 0 spiro atoms. The fourth-order valence-electron chi connectivity index (χ4n) is 2.38. The first-order chi connectivity index (χ1) is 11.7. The van der Waals surface area contributed by atoms with Gasteiger partial charge in [-0.3, -0.25) is 14.2 Å². The van der Waals surface area contributed by atoms with Crippen molar-refractivity contribution >= 4 is 16.9 Å². The average Bonchev–Trinajstić information content (AvgIpc) is 2.63. The second-order valence-corrected chi connectivity index (χ2v) is 5.26. The number of benzene rings is 2. The van der Waals surface area contributed by atoms with E-state index in [-0.39, 0.29) is 18.0 Å². The van der Waals surface area contributed by atoms with Crippen molar-refractivity contribution in [2.75, 3.05) is 0 Å². The minimum Gasteiger partial charge on any atom is -0.350 e. The molecule has 3 aromatic rings. The Kier molecular flexibility index (Phi) is 4.34. The lowest BCUT2D eigenvalue weighted by Crippen LogP contribution is -2.32. The van der Waals surface area contributed by atoms with Crippen molar-refractivity contribution < 1.29 is 4.79 Å². The molecule has 0 atom stereocenters. The van der Waals surface area contributed by atoms with Crippen molar-refractivity contribution in [1.29, 1.82) is 5.26 Å². The highest BCUT2D eigenvalue weighted by Crippen LogP contribution is 2.08. The van der Waals surface area contributed by atoms with E-state index in [0.717, 1.165) is 5.56 Å². The SMILES string of the molecule is N#Cc1ccc(CNC(=O)Cn2c(=O)cnc3ccccc32)cc1. The second kappa shape index (κ2) is 6.75. The average molecular weight is 318 g/mol. The molecule has 1 heterocycles. The van der Waals surface area contributed by atoms with Crippen LogP contribution in [0.4, 0.5) is 0 Å². The number of aromatic nitrogens is 2. The van der Waals surface area contributed by atoms with Crippen LogP contribution in [0.15, 0.2) is 59.5 Å². The molecule has 0 saturated heterocycles. The highest BCUT2D eigenvalue weighted by Gasteiger charge is 2.08. The first-order valence-electron chi connectivity index (χ1n) is 7.38. The Bertz CT molecular complexity index is 984. The van der Waals surface area contributed by atoms with E-state index in [9.17, 15) is 9.59 Å². The number of nitrogens with one attached hydrogen (secondary N) is 1. The van der Waals surface area contributed by atoms with E-state index >= 15 is 0 Å². The van der Waals surface area contributed by atoms with Gasteiger partial charge in [0, 0.05) is 6.54 Å². The topological polar surface area (TPSA) is 87.8 Å². The number of amides is 1. The molecule has 1 amide bonds. The molecule has 0 saturated carbocycles. The molecule has 1 N–H and O–H groups in total. The van der Waals surface area contributed by atoms with Crippen molar-refractivity contribution in [3.8, 4) is 6.07 Å². The minimum absolute atomic E-state index is 0.0713. The molecule has 0 unspecified atom stereocenters. The molecule has 0 aliphatic carbocycles. The second-order valence-electron chi connectivity index (χ2n) is 5.26. The fourth-order valence-corrected chi connectivity index (χ4v) is 2.38. The maximum Gasteiger partial charge on any atom is 0.269 e. The van der Waals surface area contributed by atoms with E-state index < -0.39 is 0 Å². The summed E-state index contributed by atoms with van der Waals surface area (Å²) in [5.41, 5.74) is 2.42. The maximum atomic E-state index is 12.2. The van der Waals surface area contributed by atoms with Crippen LogP contribution in [0.5, 0.6) is 0 Å². The molecule has 3 rings (SSSR count). The van der Waals surface area contributed by atoms with Crippen molar-refractivity contribution in [3.63, 3.8) is 0 Å². The number of fused-ring (bicyclic) bond motifs is 1. The zero-order valence-electron chi connectivity index (χ0n) is 12.8. The van der Waals surface area contributed by atoms with Gasteiger partial charge in [0.25, 0.3) is 5.56 Å². The highest BCUT2D eigenvalue weighted by molar-refractivity contribution is 5.79. The third-order valence-corrected chi connectivity index (χ3v) is 3.63. The number of hydrogen-bond donors (Lipinski definition) is 1. The summed E-state index contributed by atoms with van der Waals surface area (Å²) in [5, 5.41) is 11.5. The molecule has 0 aliphatic rings. The number of hydrogen-bond acceptors (Lipinski definition) is 4. The fraction of sp³-hybridized carbons (Fsp3) is 0.111. The lowest BCUT2D eigenvalue weighted by Gasteiger charge is -2.10. The molecule has 0 radical (unpaired) electrons. The lowest BCUT2D eigenvalue weighted by atomic mass is 10.1. The molecular weight excluding hydrogens is 304 g/mol. The van der Waals surface area contributed by atoms with Gasteiger partial charge in [0.15, 0.2) is 0 Å². The molecular formula is C18H14N4O2. The van der Waals surface area contributed by atoms with Crippen molar-refractivity contribution in [3.05, 3.63) is 76.2 Å². The van der Waals surface area contributed by atoms with Crippen molar-refractivity contribution in [1.82, 2.24) is 14.9 Å². The minimum atomic E-state index is -0.317. The van der Waals surface area contributed by atoms with Crippen LogP contribution < -0.4 is 10.9 Å². The molecule has 118 valence electrons. The van der Waals surface area contributed by atoms with Crippen LogP contribution in [0.25, 0.3) is 11.0 Å². The Balaban J connectivity index is 1.72. The highest BCUT2D eigenvalue weighted by atomic mass is 16.2. The Morgan fingerprint density at radius 2 is 1.92 bits per heavy atom. The summed E-state index contributed by atoms with van der Waals surface area (Å²) in [6.07, 6.45) is 1.22. The molecule has 6 heteroatoms. The van der Waals surface area contributed by atoms with Crippen LogP contribution in [0.2, 0.25) is 0 Å². The zero-order chi connectivity index (χ0) is 16.9. The van der Waals surface area contributed by atoms with E-state index in [2.05, 4.69) is 10.3 Å². The third-order valence-electron chi connectivity index (χ3n) is 3.63. The summed E-state index contributed by atoms with van der Waals surface area (Å²) in [6, 6.07) is 16.2. The van der Waals surface area contributed by atoms with Crippen LogP contribution in [0.3, 0.4) is 0 Å². The van der Waals surface area contributed by atoms with E-state index in [1.807, 2.05) is 12.1 Å².